The lowest BCUT2D eigenvalue weighted by atomic mass is 10.1. The van der Waals surface area contributed by atoms with Crippen LogP contribution in [0, 0.1) is 0 Å². The number of anilines is 2. The Hall–Kier alpha value is -2.61. The summed E-state index contributed by atoms with van der Waals surface area (Å²) in [6.07, 6.45) is 0. The third-order valence-electron chi connectivity index (χ3n) is 2.73. The summed E-state index contributed by atoms with van der Waals surface area (Å²) in [7, 11) is 1.70. The maximum atomic E-state index is 12.2. The van der Waals surface area contributed by atoms with E-state index in [0.717, 1.165) is 5.69 Å². The first-order chi connectivity index (χ1) is 10.0. The van der Waals surface area contributed by atoms with Crippen LogP contribution in [0.4, 0.5) is 11.5 Å². The van der Waals surface area contributed by atoms with Gasteiger partial charge in [0.15, 0.2) is 17.2 Å². The normalized spacial score (nSPS) is 11.4. The molecule has 2 aromatic rings. The van der Waals surface area contributed by atoms with Crippen molar-refractivity contribution in [3.05, 3.63) is 35.0 Å². The number of aromatic nitrogens is 2. The maximum absolute atomic E-state index is 12.2. The van der Waals surface area contributed by atoms with Gasteiger partial charge >= 0.3 is 0 Å². The van der Waals surface area contributed by atoms with Crippen LogP contribution in [0.15, 0.2) is 34.1 Å². The number of carbonyl (C=O) groups is 1. The Kier molecular flexibility index (Phi) is 4.39. The molecule has 3 N–H and O–H groups in total. The number of nitrogen functional groups attached to an aromatic ring is 1. The van der Waals surface area contributed by atoms with Crippen LogP contribution >= 0.6 is 11.6 Å². The summed E-state index contributed by atoms with van der Waals surface area (Å²) in [4.78, 5) is 13.8. The first kappa shape index (κ1) is 14.8. The first-order valence-electron chi connectivity index (χ1n) is 5.83. The van der Waals surface area contributed by atoms with Gasteiger partial charge < -0.3 is 15.8 Å². The van der Waals surface area contributed by atoms with E-state index in [1.807, 2.05) is 0 Å². The number of Topliss-reactive ketones (excluding diaryl/α,β-unsaturated/α-hetero) is 1. The molecule has 9 heteroatoms. The Labute approximate surface area is 124 Å². The summed E-state index contributed by atoms with van der Waals surface area (Å²) in [6, 6.07) is 6.99. The standard InChI is InChI=1S/C12H12ClN5O3/c1-18(8-4-2-3-7(13)5-8)6-9(19)10(15-20)11-12(14)17-21-16-11/h2-5,20H,6H2,1H3,(H2,14,17)/b15-10+. The quantitative estimate of drug-likeness (QED) is 0.484. The molecule has 110 valence electrons. The molecule has 0 saturated carbocycles. The fraction of sp³-hybridized carbons (Fsp3) is 0.167. The van der Waals surface area contributed by atoms with Gasteiger partial charge in [-0.2, -0.15) is 0 Å². The Bertz CT molecular complexity index is 685. The van der Waals surface area contributed by atoms with Crippen molar-refractivity contribution in [3.63, 3.8) is 0 Å². The summed E-state index contributed by atoms with van der Waals surface area (Å²) in [6.45, 7) is -0.0635. The van der Waals surface area contributed by atoms with E-state index in [9.17, 15) is 4.79 Å². The van der Waals surface area contributed by atoms with Gasteiger partial charge in [0.1, 0.15) is 0 Å². The van der Waals surface area contributed by atoms with E-state index in [1.54, 1.807) is 36.2 Å². The highest BCUT2D eigenvalue weighted by molar-refractivity contribution is 6.47. The van der Waals surface area contributed by atoms with Crippen molar-refractivity contribution in [1.82, 2.24) is 10.3 Å². The molecule has 0 radical (unpaired) electrons. The molecule has 0 spiro atoms. The first-order valence-corrected chi connectivity index (χ1v) is 6.21. The fourth-order valence-electron chi connectivity index (χ4n) is 1.69. The van der Waals surface area contributed by atoms with Gasteiger partial charge in [-0.3, -0.25) is 4.79 Å². The summed E-state index contributed by atoms with van der Waals surface area (Å²) in [5.41, 5.74) is 5.80. The molecule has 0 aliphatic carbocycles. The molecule has 0 amide bonds. The third kappa shape index (κ3) is 3.29. The SMILES string of the molecule is CN(CC(=O)/C(=N\O)c1nonc1N)c1cccc(Cl)c1. The fourth-order valence-corrected chi connectivity index (χ4v) is 1.87. The number of ketones is 1. The smallest absolute Gasteiger partial charge is 0.206 e. The minimum absolute atomic E-state index is 0.0635. The molecule has 1 heterocycles. The lowest BCUT2D eigenvalue weighted by Crippen LogP contribution is -2.31. The van der Waals surface area contributed by atoms with Crippen LogP contribution in [-0.2, 0) is 4.79 Å². The lowest BCUT2D eigenvalue weighted by molar-refractivity contribution is -0.111. The van der Waals surface area contributed by atoms with E-state index in [1.165, 1.54) is 0 Å². The molecule has 2 rings (SSSR count). The second-order valence-electron chi connectivity index (χ2n) is 4.21. The molecular weight excluding hydrogens is 298 g/mol. The number of hydrogen-bond acceptors (Lipinski definition) is 8. The Morgan fingerprint density at radius 3 is 2.86 bits per heavy atom. The molecule has 0 aliphatic rings. The van der Waals surface area contributed by atoms with Gasteiger partial charge in [0.25, 0.3) is 0 Å². The lowest BCUT2D eigenvalue weighted by Gasteiger charge is -2.18. The molecule has 0 bridgehead atoms. The topological polar surface area (TPSA) is 118 Å². The van der Waals surface area contributed by atoms with Crippen molar-refractivity contribution >= 4 is 34.6 Å². The van der Waals surface area contributed by atoms with Crippen LogP contribution in [0.1, 0.15) is 5.69 Å². The second kappa shape index (κ2) is 6.23. The molecule has 0 saturated heterocycles. The van der Waals surface area contributed by atoms with E-state index in [0.29, 0.717) is 5.02 Å². The molecule has 1 aromatic carbocycles. The molecule has 8 nitrogen and oxygen atoms in total. The van der Waals surface area contributed by atoms with Gasteiger partial charge in [-0.15, -0.1) is 0 Å². The highest BCUT2D eigenvalue weighted by atomic mass is 35.5. The van der Waals surface area contributed by atoms with Gasteiger partial charge in [-0.05, 0) is 28.5 Å². The van der Waals surface area contributed by atoms with Crippen molar-refractivity contribution in [2.45, 2.75) is 0 Å². The number of likely N-dealkylation sites (N-methyl/N-ethyl adjacent to an activating group) is 1. The van der Waals surface area contributed by atoms with Crippen molar-refractivity contribution in [2.75, 3.05) is 24.2 Å². The van der Waals surface area contributed by atoms with Gasteiger partial charge in [0.2, 0.25) is 5.78 Å². The van der Waals surface area contributed by atoms with E-state index >= 15 is 0 Å². The van der Waals surface area contributed by atoms with Gasteiger partial charge in [0.05, 0.1) is 6.54 Å². The molecular formula is C12H12ClN5O3. The van der Waals surface area contributed by atoms with Gasteiger partial charge in [0, 0.05) is 17.8 Å². The number of oxime groups is 1. The molecule has 0 unspecified atom stereocenters. The Morgan fingerprint density at radius 1 is 1.52 bits per heavy atom. The predicted molar refractivity (Wildman–Crippen MR) is 76.8 cm³/mol. The van der Waals surface area contributed by atoms with Crippen LogP contribution in [0.25, 0.3) is 0 Å². The summed E-state index contributed by atoms with van der Waals surface area (Å²) >= 11 is 5.89. The number of carbonyl (C=O) groups excluding carboxylic acids is 1. The number of nitrogens with zero attached hydrogens (tertiary/aromatic N) is 4. The van der Waals surface area contributed by atoms with Gasteiger partial charge in [-0.25, -0.2) is 4.63 Å². The number of rotatable bonds is 5. The summed E-state index contributed by atoms with van der Waals surface area (Å²) < 4.78 is 4.38. The highest BCUT2D eigenvalue weighted by Gasteiger charge is 2.23. The van der Waals surface area contributed by atoms with E-state index in [4.69, 9.17) is 22.5 Å². The van der Waals surface area contributed by atoms with Gasteiger partial charge in [-0.1, -0.05) is 22.8 Å². The third-order valence-corrected chi connectivity index (χ3v) is 2.97. The van der Waals surface area contributed by atoms with E-state index < -0.39 is 5.78 Å². The van der Waals surface area contributed by atoms with Crippen LogP contribution in [0.2, 0.25) is 5.02 Å². The van der Waals surface area contributed by atoms with Crippen LogP contribution in [0.3, 0.4) is 0 Å². The Morgan fingerprint density at radius 2 is 2.29 bits per heavy atom. The zero-order valence-electron chi connectivity index (χ0n) is 11.0. The molecule has 1 aromatic heterocycles. The number of benzene rings is 1. The monoisotopic (exact) mass is 309 g/mol. The van der Waals surface area contributed by atoms with Crippen molar-refractivity contribution in [1.29, 1.82) is 0 Å². The van der Waals surface area contributed by atoms with Crippen molar-refractivity contribution in [3.8, 4) is 0 Å². The average molecular weight is 310 g/mol. The zero-order valence-corrected chi connectivity index (χ0v) is 11.8. The molecule has 0 aliphatic heterocycles. The minimum atomic E-state index is -0.498. The second-order valence-corrected chi connectivity index (χ2v) is 4.64. The summed E-state index contributed by atoms with van der Waals surface area (Å²) in [5, 5.41) is 19.2. The van der Waals surface area contributed by atoms with Crippen molar-refractivity contribution < 1.29 is 14.6 Å². The van der Waals surface area contributed by atoms with Crippen LogP contribution in [-0.4, -0.2) is 40.6 Å². The summed E-state index contributed by atoms with van der Waals surface area (Å²) in [5.74, 6) is -0.621. The van der Waals surface area contributed by atoms with Crippen LogP contribution in [0.5, 0.6) is 0 Å². The largest absolute Gasteiger partial charge is 0.410 e. The average Bonchev–Trinajstić information content (AvgIpc) is 2.86. The predicted octanol–water partition coefficient (Wildman–Crippen LogP) is 1.19. The minimum Gasteiger partial charge on any atom is -0.410 e. The van der Waals surface area contributed by atoms with E-state index in [2.05, 4.69) is 20.1 Å². The molecule has 21 heavy (non-hydrogen) atoms. The Balaban J connectivity index is 2.15. The molecule has 0 atom stereocenters. The van der Waals surface area contributed by atoms with Crippen LogP contribution < -0.4 is 10.6 Å². The number of halogens is 1. The highest BCUT2D eigenvalue weighted by Crippen LogP contribution is 2.18. The maximum Gasteiger partial charge on any atom is 0.206 e. The number of nitrogens with two attached hydrogens (primary N) is 1. The van der Waals surface area contributed by atoms with Crippen molar-refractivity contribution in [2.24, 2.45) is 5.16 Å². The molecule has 0 fully saturated rings. The number of hydrogen-bond donors (Lipinski definition) is 2. The zero-order chi connectivity index (χ0) is 15.4. The van der Waals surface area contributed by atoms with E-state index in [-0.39, 0.29) is 23.8 Å².